The van der Waals surface area contributed by atoms with Crippen molar-refractivity contribution in [2.45, 2.75) is 19.9 Å². The molecule has 1 aliphatic rings. The molecule has 7 nitrogen and oxygen atoms in total. The molecule has 1 aliphatic heterocycles. The Morgan fingerprint density at radius 3 is 2.68 bits per heavy atom. The van der Waals surface area contributed by atoms with Gasteiger partial charge in [0.05, 0.1) is 31.1 Å². The van der Waals surface area contributed by atoms with Gasteiger partial charge in [-0.2, -0.15) is 11.3 Å². The van der Waals surface area contributed by atoms with Gasteiger partial charge in [0.2, 0.25) is 0 Å². The number of urea groups is 1. The van der Waals surface area contributed by atoms with Crippen LogP contribution in [0.2, 0.25) is 0 Å². The van der Waals surface area contributed by atoms with Gasteiger partial charge in [-0.25, -0.2) is 9.78 Å². The van der Waals surface area contributed by atoms with Crippen molar-refractivity contribution in [3.63, 3.8) is 0 Å². The number of aromatic nitrogens is 1. The number of rotatable bonds is 8. The zero-order chi connectivity index (χ0) is 19.8. The molecular formula is C20H29N5O2S. The van der Waals surface area contributed by atoms with E-state index < -0.39 is 0 Å². The summed E-state index contributed by atoms with van der Waals surface area (Å²) >= 11 is 1.68. The Bertz CT molecular complexity index is 713. The van der Waals surface area contributed by atoms with E-state index in [4.69, 9.17) is 4.74 Å². The maximum atomic E-state index is 12.4. The Hall–Kier alpha value is -2.16. The molecule has 1 atom stereocenters. The second-order valence-electron chi connectivity index (χ2n) is 6.63. The summed E-state index contributed by atoms with van der Waals surface area (Å²) < 4.78 is 5.37. The number of thiophene rings is 1. The van der Waals surface area contributed by atoms with Crippen LogP contribution >= 0.6 is 11.3 Å². The molecule has 0 spiro atoms. The number of anilines is 2. The largest absolute Gasteiger partial charge is 0.378 e. The summed E-state index contributed by atoms with van der Waals surface area (Å²) in [6.07, 6.45) is 1.70. The highest BCUT2D eigenvalue weighted by Crippen LogP contribution is 2.22. The number of nitrogens with one attached hydrogen (secondary N) is 2. The summed E-state index contributed by atoms with van der Waals surface area (Å²) in [5, 5.41) is 10.1. The van der Waals surface area contributed by atoms with Crippen molar-refractivity contribution in [3.8, 4) is 0 Å². The molecule has 1 saturated heterocycles. The summed E-state index contributed by atoms with van der Waals surface area (Å²) in [4.78, 5) is 21.4. The lowest BCUT2D eigenvalue weighted by Gasteiger charge is -2.29. The number of morpholine rings is 1. The Labute approximate surface area is 170 Å². The molecule has 0 bridgehead atoms. The van der Waals surface area contributed by atoms with Crippen LogP contribution in [0.1, 0.15) is 25.5 Å². The normalized spacial score (nSPS) is 15.5. The predicted molar refractivity (Wildman–Crippen MR) is 114 cm³/mol. The van der Waals surface area contributed by atoms with E-state index in [1.165, 1.54) is 5.56 Å². The van der Waals surface area contributed by atoms with Crippen molar-refractivity contribution < 1.29 is 9.53 Å². The van der Waals surface area contributed by atoms with Crippen molar-refractivity contribution in [2.75, 3.05) is 56.2 Å². The van der Waals surface area contributed by atoms with Crippen LogP contribution in [0.3, 0.4) is 0 Å². The van der Waals surface area contributed by atoms with Gasteiger partial charge in [-0.15, -0.1) is 0 Å². The number of nitrogens with zero attached hydrogens (tertiary/aromatic N) is 3. The summed E-state index contributed by atoms with van der Waals surface area (Å²) in [7, 11) is 0. The lowest BCUT2D eigenvalue weighted by atomic mass is 10.1. The van der Waals surface area contributed by atoms with Gasteiger partial charge in [0.15, 0.2) is 0 Å². The van der Waals surface area contributed by atoms with Gasteiger partial charge in [-0.3, -0.25) is 4.90 Å². The van der Waals surface area contributed by atoms with Crippen molar-refractivity contribution in [1.29, 1.82) is 0 Å². The van der Waals surface area contributed by atoms with Gasteiger partial charge in [-0.05, 0) is 47.6 Å². The van der Waals surface area contributed by atoms with E-state index in [0.717, 1.165) is 45.2 Å². The average molecular weight is 404 g/mol. The van der Waals surface area contributed by atoms with Gasteiger partial charge in [0, 0.05) is 19.6 Å². The van der Waals surface area contributed by atoms with E-state index >= 15 is 0 Å². The Kier molecular flexibility index (Phi) is 7.64. The number of carbonyl (C=O) groups excluding carboxylic acids is 1. The minimum Gasteiger partial charge on any atom is -0.378 e. The summed E-state index contributed by atoms with van der Waals surface area (Å²) in [5.74, 6) is 0.910. The quantitative estimate of drug-likeness (QED) is 0.708. The van der Waals surface area contributed by atoms with Crippen molar-refractivity contribution in [2.24, 2.45) is 0 Å². The first-order valence-corrected chi connectivity index (χ1v) is 10.7. The lowest BCUT2D eigenvalue weighted by molar-refractivity contribution is 0.122. The van der Waals surface area contributed by atoms with E-state index in [2.05, 4.69) is 56.1 Å². The molecule has 2 amide bonds. The van der Waals surface area contributed by atoms with Gasteiger partial charge >= 0.3 is 6.03 Å². The first-order chi connectivity index (χ1) is 13.7. The fraction of sp³-hybridized carbons (Fsp3) is 0.500. The van der Waals surface area contributed by atoms with Crippen LogP contribution in [0.5, 0.6) is 0 Å². The highest BCUT2D eigenvalue weighted by atomic mass is 32.1. The molecule has 3 rings (SSSR count). The zero-order valence-electron chi connectivity index (χ0n) is 16.6. The van der Waals surface area contributed by atoms with Crippen LogP contribution < -0.4 is 15.5 Å². The Balaban J connectivity index is 1.54. The summed E-state index contributed by atoms with van der Waals surface area (Å²) in [5.41, 5.74) is 1.93. The third kappa shape index (κ3) is 5.43. The van der Waals surface area contributed by atoms with Crippen LogP contribution in [0.4, 0.5) is 16.3 Å². The van der Waals surface area contributed by atoms with Gasteiger partial charge in [0.1, 0.15) is 5.82 Å². The minimum absolute atomic E-state index is 0.175. The molecule has 0 aliphatic carbocycles. The smallest absolute Gasteiger partial charge is 0.319 e. The van der Waals surface area contributed by atoms with Gasteiger partial charge in [-0.1, -0.05) is 13.8 Å². The first kappa shape index (κ1) is 20.6. The van der Waals surface area contributed by atoms with Gasteiger partial charge < -0.3 is 20.3 Å². The number of likely N-dealkylation sites (N-methyl/N-ethyl adjacent to an activating group) is 1. The summed E-state index contributed by atoms with van der Waals surface area (Å²) in [6.45, 7) is 9.86. The van der Waals surface area contributed by atoms with E-state index in [-0.39, 0.29) is 12.1 Å². The average Bonchev–Trinajstić information content (AvgIpc) is 3.27. The maximum Gasteiger partial charge on any atom is 0.319 e. The predicted octanol–water partition coefficient (Wildman–Crippen LogP) is 3.18. The molecule has 3 heterocycles. The number of pyridine rings is 1. The Morgan fingerprint density at radius 1 is 1.29 bits per heavy atom. The zero-order valence-corrected chi connectivity index (χ0v) is 17.4. The monoisotopic (exact) mass is 403 g/mol. The molecule has 2 N–H and O–H groups in total. The number of hydrogen-bond acceptors (Lipinski definition) is 6. The number of ether oxygens (including phenoxy) is 1. The third-order valence-corrected chi connectivity index (χ3v) is 5.68. The van der Waals surface area contributed by atoms with Crippen molar-refractivity contribution >= 4 is 28.9 Å². The van der Waals surface area contributed by atoms with Crippen LogP contribution in [-0.2, 0) is 4.74 Å². The van der Waals surface area contributed by atoms with E-state index in [1.54, 1.807) is 17.5 Å². The summed E-state index contributed by atoms with van der Waals surface area (Å²) in [6, 6.07) is 5.91. The number of amides is 2. The molecule has 152 valence electrons. The second-order valence-corrected chi connectivity index (χ2v) is 7.41. The molecule has 1 fully saturated rings. The van der Waals surface area contributed by atoms with Crippen LogP contribution in [0, 0.1) is 0 Å². The number of hydrogen-bond donors (Lipinski definition) is 2. The molecule has 28 heavy (non-hydrogen) atoms. The third-order valence-electron chi connectivity index (χ3n) is 4.98. The van der Waals surface area contributed by atoms with Crippen LogP contribution in [0.25, 0.3) is 0 Å². The van der Waals surface area contributed by atoms with Crippen molar-refractivity contribution in [3.05, 3.63) is 40.7 Å². The highest BCUT2D eigenvalue weighted by Gasteiger charge is 2.19. The van der Waals surface area contributed by atoms with Gasteiger partial charge in [0.25, 0.3) is 0 Å². The molecule has 0 saturated carbocycles. The van der Waals surface area contributed by atoms with E-state index in [0.29, 0.717) is 12.2 Å². The SMILES string of the molecule is CCN(CC)C(CNC(=O)Nc1ccc(N2CCOCC2)nc1)c1ccsc1. The molecule has 8 heteroatoms. The highest BCUT2D eigenvalue weighted by molar-refractivity contribution is 7.07. The molecule has 0 aromatic carbocycles. The lowest BCUT2D eigenvalue weighted by Crippen LogP contribution is -2.39. The fourth-order valence-corrected chi connectivity index (χ4v) is 4.10. The standard InChI is InChI=1S/C20H29N5O2S/c1-3-24(4-2)18(16-7-12-28-15-16)14-22-20(26)23-17-5-6-19(21-13-17)25-8-10-27-11-9-25/h5-7,12-13,15,18H,3-4,8-11,14H2,1-2H3,(H2,22,23,26). The van der Waals surface area contributed by atoms with Crippen LogP contribution in [-0.4, -0.2) is 61.9 Å². The first-order valence-electron chi connectivity index (χ1n) is 9.81. The van der Waals surface area contributed by atoms with Crippen molar-refractivity contribution in [1.82, 2.24) is 15.2 Å². The Morgan fingerprint density at radius 2 is 2.07 bits per heavy atom. The maximum absolute atomic E-state index is 12.4. The molecule has 0 radical (unpaired) electrons. The minimum atomic E-state index is -0.215. The fourth-order valence-electron chi connectivity index (χ4n) is 3.39. The molecule has 1 unspecified atom stereocenters. The molecular weight excluding hydrogens is 374 g/mol. The van der Waals surface area contributed by atoms with E-state index in [1.807, 2.05) is 12.1 Å². The molecule has 2 aromatic rings. The van der Waals surface area contributed by atoms with E-state index in [9.17, 15) is 4.79 Å². The topological polar surface area (TPSA) is 69.7 Å². The molecule has 2 aromatic heterocycles. The second kappa shape index (κ2) is 10.4. The van der Waals surface area contributed by atoms with Crippen LogP contribution in [0.15, 0.2) is 35.2 Å². The number of carbonyl (C=O) groups is 1.